The van der Waals surface area contributed by atoms with Crippen molar-refractivity contribution in [2.75, 3.05) is 4.72 Å². The minimum absolute atomic E-state index is 0.0561. The minimum atomic E-state index is -3.56. The molecule has 0 spiro atoms. The molecule has 1 aliphatic rings. The fraction of sp³-hybridized carbons (Fsp3) is 0.364. The average molecular weight is 285 g/mol. The molecule has 7 heteroatoms. The summed E-state index contributed by atoms with van der Waals surface area (Å²) in [6.07, 6.45) is 1.77. The van der Waals surface area contributed by atoms with E-state index in [-0.39, 0.29) is 11.0 Å². The van der Waals surface area contributed by atoms with Gasteiger partial charge in [-0.2, -0.15) is 13.1 Å². The zero-order chi connectivity index (χ0) is 13.3. The summed E-state index contributed by atoms with van der Waals surface area (Å²) in [6.45, 7) is 1.83. The van der Waals surface area contributed by atoms with Crippen LogP contribution in [0.5, 0.6) is 0 Å². The third kappa shape index (κ3) is 3.18. The maximum atomic E-state index is 11.8. The van der Waals surface area contributed by atoms with Crippen molar-refractivity contribution in [1.82, 2.24) is 4.72 Å². The lowest BCUT2D eigenvalue weighted by molar-refractivity contribution is 0.586. The highest BCUT2D eigenvalue weighted by atomic mass is 32.2. The molecule has 0 bridgehead atoms. The number of nitrogens with one attached hydrogen (secondary N) is 2. The molecule has 0 radical (unpaired) electrons. The fourth-order valence-electron chi connectivity index (χ4n) is 1.67. The predicted molar refractivity (Wildman–Crippen MR) is 75.8 cm³/mol. The lowest BCUT2D eigenvalue weighted by Gasteiger charge is -2.14. The number of anilines is 1. The van der Waals surface area contributed by atoms with Crippen LogP contribution in [0.4, 0.5) is 5.69 Å². The van der Waals surface area contributed by atoms with E-state index in [1.807, 2.05) is 13.0 Å². The summed E-state index contributed by atoms with van der Waals surface area (Å²) in [5.74, 6) is 0. The van der Waals surface area contributed by atoms with Crippen LogP contribution in [0.25, 0.3) is 0 Å². The molecule has 0 atom stereocenters. The topological polar surface area (TPSA) is 84.2 Å². The highest BCUT2D eigenvalue weighted by Crippen LogP contribution is 2.23. The van der Waals surface area contributed by atoms with E-state index in [1.165, 1.54) is 0 Å². The van der Waals surface area contributed by atoms with Crippen molar-refractivity contribution in [3.63, 3.8) is 0 Å². The molecule has 2 rings (SSSR count). The van der Waals surface area contributed by atoms with Crippen LogP contribution >= 0.6 is 12.2 Å². The molecule has 0 unspecified atom stereocenters. The van der Waals surface area contributed by atoms with Gasteiger partial charge in [0.05, 0.1) is 5.69 Å². The standard InChI is InChI=1S/C11H15N3O2S2/c1-7-3-2-4-9(10(7)11(12)17)14-18(15,16)13-8-5-6-8/h2-4,8,13-14H,5-6H2,1H3,(H2,12,17). The molecular weight excluding hydrogens is 270 g/mol. The molecule has 1 aromatic carbocycles. The Morgan fingerprint density at radius 1 is 1.44 bits per heavy atom. The van der Waals surface area contributed by atoms with Crippen molar-refractivity contribution in [2.45, 2.75) is 25.8 Å². The Labute approximate surface area is 112 Å². The van der Waals surface area contributed by atoms with Crippen molar-refractivity contribution in [3.05, 3.63) is 29.3 Å². The fourth-order valence-corrected chi connectivity index (χ4v) is 3.14. The van der Waals surface area contributed by atoms with Gasteiger partial charge >= 0.3 is 0 Å². The quantitative estimate of drug-likeness (QED) is 0.706. The molecule has 0 heterocycles. The molecule has 1 aromatic rings. The van der Waals surface area contributed by atoms with Crippen molar-refractivity contribution in [3.8, 4) is 0 Å². The number of thiocarbonyl (C=S) groups is 1. The first-order valence-corrected chi connectivity index (χ1v) is 7.47. The van der Waals surface area contributed by atoms with E-state index in [1.54, 1.807) is 12.1 Å². The second-order valence-electron chi connectivity index (χ2n) is 4.36. The van der Waals surface area contributed by atoms with Gasteiger partial charge in [-0.1, -0.05) is 24.4 Å². The van der Waals surface area contributed by atoms with Crippen LogP contribution in [-0.2, 0) is 10.2 Å². The zero-order valence-corrected chi connectivity index (χ0v) is 11.6. The lowest BCUT2D eigenvalue weighted by atomic mass is 10.1. The Balaban J connectivity index is 2.28. The van der Waals surface area contributed by atoms with E-state index in [9.17, 15) is 8.42 Å². The van der Waals surface area contributed by atoms with Gasteiger partial charge in [-0.3, -0.25) is 4.72 Å². The normalized spacial score (nSPS) is 15.4. The van der Waals surface area contributed by atoms with E-state index in [4.69, 9.17) is 18.0 Å². The summed E-state index contributed by atoms with van der Waals surface area (Å²) in [6, 6.07) is 5.29. The van der Waals surface area contributed by atoms with Crippen LogP contribution in [0, 0.1) is 6.92 Å². The highest BCUT2D eigenvalue weighted by molar-refractivity contribution is 7.90. The summed E-state index contributed by atoms with van der Waals surface area (Å²) in [5.41, 5.74) is 7.44. The van der Waals surface area contributed by atoms with Gasteiger partial charge in [0.25, 0.3) is 10.2 Å². The summed E-state index contributed by atoms with van der Waals surface area (Å²) in [7, 11) is -3.56. The van der Waals surface area contributed by atoms with E-state index in [0.29, 0.717) is 11.3 Å². The summed E-state index contributed by atoms with van der Waals surface area (Å²) in [5, 5.41) is 0. The molecule has 0 amide bonds. The largest absolute Gasteiger partial charge is 0.389 e. The lowest BCUT2D eigenvalue weighted by Crippen LogP contribution is -2.32. The summed E-state index contributed by atoms with van der Waals surface area (Å²) in [4.78, 5) is 0.178. The number of aryl methyl sites for hydroxylation is 1. The Bertz CT molecular complexity index is 580. The van der Waals surface area contributed by atoms with Gasteiger partial charge in [-0.05, 0) is 31.4 Å². The van der Waals surface area contributed by atoms with Crippen molar-refractivity contribution in [2.24, 2.45) is 5.73 Å². The molecule has 0 aromatic heterocycles. The molecule has 1 aliphatic carbocycles. The van der Waals surface area contributed by atoms with E-state index in [2.05, 4.69) is 9.44 Å². The van der Waals surface area contributed by atoms with Crippen molar-refractivity contribution < 1.29 is 8.42 Å². The average Bonchev–Trinajstić information content (AvgIpc) is 2.99. The predicted octanol–water partition coefficient (Wildman–Crippen LogP) is 1.04. The maximum absolute atomic E-state index is 11.8. The van der Waals surface area contributed by atoms with Crippen LogP contribution in [0.1, 0.15) is 24.0 Å². The third-order valence-electron chi connectivity index (χ3n) is 2.66. The van der Waals surface area contributed by atoms with Crippen molar-refractivity contribution in [1.29, 1.82) is 0 Å². The van der Waals surface area contributed by atoms with Gasteiger partial charge in [0.2, 0.25) is 0 Å². The Morgan fingerprint density at radius 2 is 2.11 bits per heavy atom. The first kappa shape index (κ1) is 13.3. The Hall–Kier alpha value is -1.18. The van der Waals surface area contributed by atoms with Crippen LogP contribution in [0.2, 0.25) is 0 Å². The molecule has 0 aliphatic heterocycles. The molecule has 0 saturated heterocycles. The van der Waals surface area contributed by atoms with Crippen LogP contribution in [0.3, 0.4) is 0 Å². The number of rotatable bonds is 5. The molecular formula is C11H15N3O2S2. The van der Waals surface area contributed by atoms with Crippen LogP contribution < -0.4 is 15.2 Å². The van der Waals surface area contributed by atoms with Gasteiger partial charge in [0, 0.05) is 11.6 Å². The van der Waals surface area contributed by atoms with Gasteiger partial charge in [0.1, 0.15) is 4.99 Å². The summed E-state index contributed by atoms with van der Waals surface area (Å²) >= 11 is 4.95. The molecule has 98 valence electrons. The number of benzene rings is 1. The zero-order valence-electron chi connectivity index (χ0n) is 9.93. The number of nitrogens with two attached hydrogens (primary N) is 1. The Kier molecular flexibility index (Phi) is 3.56. The van der Waals surface area contributed by atoms with E-state index in [0.717, 1.165) is 18.4 Å². The van der Waals surface area contributed by atoms with Gasteiger partial charge in [-0.15, -0.1) is 0 Å². The molecule has 1 fully saturated rings. The first-order valence-electron chi connectivity index (χ1n) is 5.58. The highest BCUT2D eigenvalue weighted by Gasteiger charge is 2.27. The second kappa shape index (κ2) is 4.83. The SMILES string of the molecule is Cc1cccc(NS(=O)(=O)NC2CC2)c1C(N)=S. The smallest absolute Gasteiger partial charge is 0.299 e. The van der Waals surface area contributed by atoms with Gasteiger partial charge < -0.3 is 5.73 Å². The number of hydrogen-bond acceptors (Lipinski definition) is 3. The van der Waals surface area contributed by atoms with E-state index < -0.39 is 10.2 Å². The third-order valence-corrected chi connectivity index (χ3v) is 4.00. The summed E-state index contributed by atoms with van der Waals surface area (Å²) < 4.78 is 28.7. The molecule has 1 saturated carbocycles. The van der Waals surface area contributed by atoms with Gasteiger partial charge in [0.15, 0.2) is 0 Å². The van der Waals surface area contributed by atoms with Crippen LogP contribution in [0.15, 0.2) is 18.2 Å². The van der Waals surface area contributed by atoms with Crippen molar-refractivity contribution >= 4 is 33.1 Å². The monoisotopic (exact) mass is 285 g/mol. The minimum Gasteiger partial charge on any atom is -0.389 e. The maximum Gasteiger partial charge on any atom is 0.299 e. The van der Waals surface area contributed by atoms with Crippen LogP contribution in [-0.4, -0.2) is 19.4 Å². The van der Waals surface area contributed by atoms with Gasteiger partial charge in [-0.25, -0.2) is 0 Å². The second-order valence-corrected chi connectivity index (χ2v) is 6.25. The molecule has 5 nitrogen and oxygen atoms in total. The molecule has 4 N–H and O–H groups in total. The first-order chi connectivity index (χ1) is 8.39. The molecule has 18 heavy (non-hydrogen) atoms. The number of hydrogen-bond donors (Lipinski definition) is 3. The van der Waals surface area contributed by atoms with E-state index >= 15 is 0 Å². The Morgan fingerprint density at radius 3 is 2.67 bits per heavy atom.